The second kappa shape index (κ2) is 6.35. The van der Waals surface area contributed by atoms with E-state index in [1.807, 2.05) is 18.2 Å². The lowest BCUT2D eigenvalue weighted by atomic mass is 10.00. The van der Waals surface area contributed by atoms with Crippen LogP contribution in [-0.4, -0.2) is 0 Å². The van der Waals surface area contributed by atoms with E-state index in [2.05, 4.69) is 31.9 Å². The molecule has 19 heavy (non-hydrogen) atoms. The number of benzene rings is 2. The summed E-state index contributed by atoms with van der Waals surface area (Å²) in [5.74, 6) is -0.342. The van der Waals surface area contributed by atoms with Crippen molar-refractivity contribution in [1.29, 1.82) is 0 Å². The summed E-state index contributed by atoms with van der Waals surface area (Å²) < 4.78 is 14.9. The van der Waals surface area contributed by atoms with Crippen molar-refractivity contribution >= 4 is 43.5 Å². The number of nitrogens with two attached hydrogens (primary N) is 1. The maximum atomic E-state index is 13.0. The molecule has 2 aromatic carbocycles. The van der Waals surface area contributed by atoms with E-state index in [4.69, 9.17) is 17.3 Å². The van der Waals surface area contributed by atoms with Crippen molar-refractivity contribution in [1.82, 2.24) is 0 Å². The number of hydrogen-bond acceptors (Lipinski definition) is 1. The molecule has 0 fully saturated rings. The summed E-state index contributed by atoms with van der Waals surface area (Å²) in [6, 6.07) is 9.99. The van der Waals surface area contributed by atoms with Crippen molar-refractivity contribution < 1.29 is 4.39 Å². The van der Waals surface area contributed by atoms with E-state index < -0.39 is 0 Å². The monoisotopic (exact) mass is 405 g/mol. The molecule has 2 rings (SSSR count). The average molecular weight is 408 g/mol. The van der Waals surface area contributed by atoms with Crippen LogP contribution in [0.15, 0.2) is 45.3 Å². The van der Waals surface area contributed by atoms with Crippen LogP contribution in [-0.2, 0) is 6.42 Å². The molecule has 0 aliphatic heterocycles. The third-order valence-corrected chi connectivity index (χ3v) is 4.38. The molecule has 0 amide bonds. The van der Waals surface area contributed by atoms with Crippen LogP contribution in [0.2, 0.25) is 5.02 Å². The Balaban J connectivity index is 2.25. The van der Waals surface area contributed by atoms with Crippen molar-refractivity contribution in [3.63, 3.8) is 0 Å². The van der Waals surface area contributed by atoms with Gasteiger partial charge in [-0.3, -0.25) is 0 Å². The maximum Gasteiger partial charge on any atom is 0.124 e. The molecule has 1 unspecified atom stereocenters. The predicted octanol–water partition coefficient (Wildman–Crippen LogP) is 5.25. The molecular weight excluding hydrogens is 396 g/mol. The Bertz CT molecular complexity index is 604. The van der Waals surface area contributed by atoms with E-state index in [-0.39, 0.29) is 11.9 Å². The maximum absolute atomic E-state index is 13.0. The largest absolute Gasteiger partial charge is 0.324 e. The van der Waals surface area contributed by atoms with Gasteiger partial charge in [0.15, 0.2) is 0 Å². The van der Waals surface area contributed by atoms with Gasteiger partial charge in [0.1, 0.15) is 5.82 Å². The van der Waals surface area contributed by atoms with Crippen LogP contribution in [0.25, 0.3) is 0 Å². The van der Waals surface area contributed by atoms with E-state index >= 15 is 0 Å². The van der Waals surface area contributed by atoms with Gasteiger partial charge in [-0.25, -0.2) is 4.39 Å². The highest BCUT2D eigenvalue weighted by atomic mass is 79.9. The Hall–Kier alpha value is -0.420. The fourth-order valence-corrected chi connectivity index (χ4v) is 3.00. The molecular formula is C14H11Br2ClFN. The van der Waals surface area contributed by atoms with Crippen LogP contribution in [0.1, 0.15) is 17.2 Å². The number of rotatable bonds is 3. The SMILES string of the molecule is NC(Cc1ccc(F)cc1Cl)c1cc(Br)ccc1Br. The Labute approximate surface area is 133 Å². The second-order valence-electron chi connectivity index (χ2n) is 4.21. The Morgan fingerprint density at radius 3 is 2.58 bits per heavy atom. The van der Waals surface area contributed by atoms with E-state index in [0.29, 0.717) is 11.4 Å². The molecule has 0 aliphatic carbocycles. The van der Waals surface area contributed by atoms with E-state index in [9.17, 15) is 4.39 Å². The van der Waals surface area contributed by atoms with Gasteiger partial charge in [0, 0.05) is 20.0 Å². The summed E-state index contributed by atoms with van der Waals surface area (Å²) in [5.41, 5.74) is 8.02. The van der Waals surface area contributed by atoms with Crippen molar-refractivity contribution in [3.05, 3.63) is 67.3 Å². The lowest BCUT2D eigenvalue weighted by molar-refractivity contribution is 0.625. The van der Waals surface area contributed by atoms with Gasteiger partial charge >= 0.3 is 0 Å². The van der Waals surface area contributed by atoms with Crippen LogP contribution >= 0.6 is 43.5 Å². The minimum atomic E-state index is -0.342. The Kier molecular flexibility index (Phi) is 5.01. The Morgan fingerprint density at radius 2 is 1.89 bits per heavy atom. The van der Waals surface area contributed by atoms with Crippen LogP contribution in [0, 0.1) is 5.82 Å². The van der Waals surface area contributed by atoms with Crippen LogP contribution < -0.4 is 5.73 Å². The quantitative estimate of drug-likeness (QED) is 0.739. The number of hydrogen-bond donors (Lipinski definition) is 1. The zero-order valence-electron chi connectivity index (χ0n) is 9.84. The van der Waals surface area contributed by atoms with Crippen LogP contribution in [0.4, 0.5) is 4.39 Å². The third-order valence-electron chi connectivity index (χ3n) is 2.81. The summed E-state index contributed by atoms with van der Waals surface area (Å²) in [6.45, 7) is 0. The zero-order valence-corrected chi connectivity index (χ0v) is 13.8. The standard InChI is InChI=1S/C14H11Br2ClFN/c15-9-2-4-12(16)11(6-9)14(19)5-8-1-3-10(18)7-13(8)17/h1-4,6-7,14H,5,19H2. The highest BCUT2D eigenvalue weighted by Crippen LogP contribution is 2.29. The first-order chi connectivity index (χ1) is 8.97. The van der Waals surface area contributed by atoms with Crippen LogP contribution in [0.3, 0.4) is 0 Å². The van der Waals surface area contributed by atoms with E-state index in [0.717, 1.165) is 20.1 Å². The van der Waals surface area contributed by atoms with E-state index in [1.54, 1.807) is 6.07 Å². The first kappa shape index (κ1) is 15.0. The zero-order chi connectivity index (χ0) is 14.0. The fourth-order valence-electron chi connectivity index (χ4n) is 1.83. The highest BCUT2D eigenvalue weighted by molar-refractivity contribution is 9.11. The first-order valence-electron chi connectivity index (χ1n) is 5.62. The normalized spacial score (nSPS) is 12.5. The molecule has 0 heterocycles. The van der Waals surface area contributed by atoms with Gasteiger partial charge in [-0.15, -0.1) is 0 Å². The van der Waals surface area contributed by atoms with Gasteiger partial charge in [-0.1, -0.05) is 49.5 Å². The molecule has 0 saturated heterocycles. The average Bonchev–Trinajstić information content (AvgIpc) is 2.35. The summed E-state index contributed by atoms with van der Waals surface area (Å²) in [5, 5.41) is 0.404. The van der Waals surface area contributed by atoms with Gasteiger partial charge in [0.2, 0.25) is 0 Å². The summed E-state index contributed by atoms with van der Waals surface area (Å²) in [7, 11) is 0. The molecule has 2 aromatic rings. The molecule has 1 nitrogen and oxygen atoms in total. The molecule has 0 saturated carbocycles. The minimum Gasteiger partial charge on any atom is -0.324 e. The molecule has 0 bridgehead atoms. The molecule has 0 aliphatic rings. The molecule has 2 N–H and O–H groups in total. The van der Waals surface area contributed by atoms with Crippen LogP contribution in [0.5, 0.6) is 0 Å². The summed E-state index contributed by atoms with van der Waals surface area (Å²) >= 11 is 12.9. The third kappa shape index (κ3) is 3.78. The fraction of sp³-hybridized carbons (Fsp3) is 0.143. The van der Waals surface area contributed by atoms with Crippen molar-refractivity contribution in [2.75, 3.05) is 0 Å². The molecule has 0 radical (unpaired) electrons. The van der Waals surface area contributed by atoms with Gasteiger partial charge in [-0.05, 0) is 47.9 Å². The Morgan fingerprint density at radius 1 is 1.16 bits per heavy atom. The van der Waals surface area contributed by atoms with Gasteiger partial charge in [0.25, 0.3) is 0 Å². The first-order valence-corrected chi connectivity index (χ1v) is 7.58. The highest BCUT2D eigenvalue weighted by Gasteiger charge is 2.13. The molecule has 0 aromatic heterocycles. The summed E-state index contributed by atoms with van der Waals surface area (Å²) in [6.07, 6.45) is 0.550. The lowest BCUT2D eigenvalue weighted by Gasteiger charge is -2.15. The topological polar surface area (TPSA) is 26.0 Å². The lowest BCUT2D eigenvalue weighted by Crippen LogP contribution is -2.14. The molecule has 1 atom stereocenters. The second-order valence-corrected chi connectivity index (χ2v) is 6.39. The smallest absolute Gasteiger partial charge is 0.124 e. The van der Waals surface area contributed by atoms with Gasteiger partial charge in [0.05, 0.1) is 0 Å². The predicted molar refractivity (Wildman–Crippen MR) is 83.9 cm³/mol. The molecule has 5 heteroatoms. The van der Waals surface area contributed by atoms with Crippen molar-refractivity contribution in [2.24, 2.45) is 5.73 Å². The molecule has 100 valence electrons. The number of halogens is 4. The van der Waals surface area contributed by atoms with Crippen molar-refractivity contribution in [3.8, 4) is 0 Å². The minimum absolute atomic E-state index is 0.213. The molecule has 0 spiro atoms. The van der Waals surface area contributed by atoms with Gasteiger partial charge in [-0.2, -0.15) is 0 Å². The summed E-state index contributed by atoms with van der Waals surface area (Å²) in [4.78, 5) is 0. The van der Waals surface area contributed by atoms with Crippen molar-refractivity contribution in [2.45, 2.75) is 12.5 Å². The van der Waals surface area contributed by atoms with Gasteiger partial charge < -0.3 is 5.73 Å². The van der Waals surface area contributed by atoms with E-state index in [1.165, 1.54) is 12.1 Å².